The highest BCUT2D eigenvalue weighted by Gasteiger charge is 2.21. The van der Waals surface area contributed by atoms with Crippen molar-refractivity contribution in [3.63, 3.8) is 0 Å². The van der Waals surface area contributed by atoms with Gasteiger partial charge in [0.1, 0.15) is 0 Å². The quantitative estimate of drug-likeness (QED) is 0.155. The monoisotopic (exact) mass is 821 g/mol. The minimum absolute atomic E-state index is 0.404. The Balaban J connectivity index is 0.957. The molecular formula is C61H43NS. The van der Waals surface area contributed by atoms with Gasteiger partial charge in [0.15, 0.2) is 0 Å². The molecule has 1 aromatic heterocycles. The van der Waals surface area contributed by atoms with Crippen molar-refractivity contribution in [1.82, 2.24) is 0 Å². The average molecular weight is 822 g/mol. The Morgan fingerprint density at radius 2 is 0.746 bits per heavy atom. The summed E-state index contributed by atoms with van der Waals surface area (Å²) >= 11 is 1.94. The van der Waals surface area contributed by atoms with Gasteiger partial charge in [-0.05, 0) is 149 Å². The van der Waals surface area contributed by atoms with Crippen LogP contribution in [0.1, 0.15) is 25.3 Å². The van der Waals surface area contributed by atoms with Crippen molar-refractivity contribution in [3.05, 3.63) is 224 Å². The fourth-order valence-electron chi connectivity index (χ4n) is 9.64. The molecule has 0 aliphatic rings. The van der Waals surface area contributed by atoms with Crippen LogP contribution < -0.4 is 4.90 Å². The predicted octanol–water partition coefficient (Wildman–Crippen LogP) is 18.3. The summed E-state index contributed by atoms with van der Waals surface area (Å²) in [6, 6.07) is 80.8. The summed E-state index contributed by atoms with van der Waals surface area (Å²) in [4.78, 5) is 2.46. The van der Waals surface area contributed by atoms with Gasteiger partial charge in [0.05, 0.1) is 10.4 Å². The first-order chi connectivity index (χ1) is 31.0. The minimum atomic E-state index is 0.404. The van der Waals surface area contributed by atoms with Gasteiger partial charge in [-0.2, -0.15) is 0 Å². The SMILES string of the molecule is CC(C)c1cc2ccccc2c2c1sc1c(N(c3ccc(-c4ccc5ccccc5c4)cc3)c3ccc(-c4ccc5cc(-c6ccc7ccccc7c6)ccc5c4)cc3)cccc12. The van der Waals surface area contributed by atoms with Gasteiger partial charge in [0, 0.05) is 26.8 Å². The molecule has 0 saturated heterocycles. The smallest absolute Gasteiger partial charge is 0.0640 e. The van der Waals surface area contributed by atoms with Gasteiger partial charge in [0.2, 0.25) is 0 Å². The summed E-state index contributed by atoms with van der Waals surface area (Å²) in [7, 11) is 0. The van der Waals surface area contributed by atoms with Crippen LogP contribution in [0.2, 0.25) is 0 Å². The summed E-state index contributed by atoms with van der Waals surface area (Å²) in [5, 5.41) is 12.8. The van der Waals surface area contributed by atoms with E-state index in [1.807, 2.05) is 11.3 Å². The number of hydrogen-bond donors (Lipinski definition) is 0. The molecule has 12 aromatic rings. The summed E-state index contributed by atoms with van der Waals surface area (Å²) in [6.45, 7) is 4.64. The molecule has 0 unspecified atom stereocenters. The van der Waals surface area contributed by atoms with Crippen molar-refractivity contribution in [1.29, 1.82) is 0 Å². The third kappa shape index (κ3) is 6.54. The molecule has 2 heteroatoms. The summed E-state index contributed by atoms with van der Waals surface area (Å²) < 4.78 is 2.68. The molecule has 12 rings (SSSR count). The number of hydrogen-bond acceptors (Lipinski definition) is 2. The molecule has 0 aliphatic carbocycles. The van der Waals surface area contributed by atoms with E-state index in [9.17, 15) is 0 Å². The fraction of sp³-hybridized carbons (Fsp3) is 0.0492. The van der Waals surface area contributed by atoms with Crippen LogP contribution in [0.15, 0.2) is 218 Å². The highest BCUT2D eigenvalue weighted by atomic mass is 32.1. The zero-order valence-electron chi connectivity index (χ0n) is 35.2. The second-order valence-electron chi connectivity index (χ2n) is 17.1. The lowest BCUT2D eigenvalue weighted by molar-refractivity contribution is 0.879. The third-order valence-electron chi connectivity index (χ3n) is 13.0. The first-order valence-corrected chi connectivity index (χ1v) is 22.7. The first-order valence-electron chi connectivity index (χ1n) is 21.9. The predicted molar refractivity (Wildman–Crippen MR) is 274 cm³/mol. The number of anilines is 3. The molecule has 0 amide bonds. The molecule has 0 atom stereocenters. The Labute approximate surface area is 371 Å². The maximum Gasteiger partial charge on any atom is 0.0640 e. The Bertz CT molecular complexity index is 3710. The van der Waals surface area contributed by atoms with Crippen LogP contribution in [0.3, 0.4) is 0 Å². The van der Waals surface area contributed by atoms with E-state index >= 15 is 0 Å². The van der Waals surface area contributed by atoms with Crippen LogP contribution in [0.4, 0.5) is 17.1 Å². The Hall–Kier alpha value is -7.52. The van der Waals surface area contributed by atoms with Gasteiger partial charge in [-0.1, -0.05) is 172 Å². The van der Waals surface area contributed by atoms with Gasteiger partial charge in [-0.25, -0.2) is 0 Å². The molecule has 0 N–H and O–H groups in total. The van der Waals surface area contributed by atoms with Crippen molar-refractivity contribution >= 4 is 91.7 Å². The number of fused-ring (bicyclic) bond motifs is 8. The number of rotatable bonds is 7. The van der Waals surface area contributed by atoms with Gasteiger partial charge in [-0.15, -0.1) is 11.3 Å². The van der Waals surface area contributed by atoms with Gasteiger partial charge in [-0.3, -0.25) is 0 Å². The van der Waals surface area contributed by atoms with Crippen LogP contribution in [0, 0.1) is 0 Å². The highest BCUT2D eigenvalue weighted by molar-refractivity contribution is 7.26. The lowest BCUT2D eigenvalue weighted by Crippen LogP contribution is -2.10. The largest absolute Gasteiger partial charge is 0.309 e. The van der Waals surface area contributed by atoms with E-state index in [0.717, 1.165) is 11.4 Å². The molecule has 11 aromatic carbocycles. The molecule has 0 fully saturated rings. The standard InChI is InChI=1S/C61H43NS/c1-39(2)57-38-52-14-7-8-15-55(52)59-56-16-9-17-58(60(56)63-61(57)59)62(53-30-26-42(27-31-53)46-20-18-40-10-3-5-12-44(40)34-46)54-32-28-43(29-33-54)47-22-23-50-37-51(25-24-49(50)36-47)48-21-19-41-11-4-6-13-45(41)35-48/h3-39H,1-2H3. The van der Waals surface area contributed by atoms with Crippen molar-refractivity contribution in [3.8, 4) is 33.4 Å². The molecule has 0 saturated carbocycles. The second kappa shape index (κ2) is 15.1. The lowest BCUT2D eigenvalue weighted by atomic mass is 9.95. The van der Waals surface area contributed by atoms with Gasteiger partial charge < -0.3 is 4.90 Å². The molecule has 0 radical (unpaired) electrons. The Morgan fingerprint density at radius 1 is 0.333 bits per heavy atom. The molecule has 298 valence electrons. The molecule has 1 heterocycles. The average Bonchev–Trinajstić information content (AvgIpc) is 3.74. The topological polar surface area (TPSA) is 3.24 Å². The Morgan fingerprint density at radius 3 is 1.27 bits per heavy atom. The van der Waals surface area contributed by atoms with E-state index < -0.39 is 0 Å². The number of nitrogens with zero attached hydrogens (tertiary/aromatic N) is 1. The number of benzene rings is 11. The van der Waals surface area contributed by atoms with Crippen LogP contribution >= 0.6 is 11.3 Å². The van der Waals surface area contributed by atoms with Crippen LogP contribution in [0.25, 0.3) is 96.6 Å². The molecule has 63 heavy (non-hydrogen) atoms. The molecule has 0 bridgehead atoms. The third-order valence-corrected chi connectivity index (χ3v) is 14.2. The lowest BCUT2D eigenvalue weighted by Gasteiger charge is -2.26. The molecule has 1 nitrogen and oxygen atoms in total. The van der Waals surface area contributed by atoms with E-state index in [1.54, 1.807) is 0 Å². The first kappa shape index (κ1) is 37.3. The molecular weight excluding hydrogens is 779 g/mol. The summed E-state index contributed by atoms with van der Waals surface area (Å²) in [6.07, 6.45) is 0. The number of thiophene rings is 1. The molecule has 0 aliphatic heterocycles. The van der Waals surface area contributed by atoms with E-state index in [2.05, 4.69) is 237 Å². The minimum Gasteiger partial charge on any atom is -0.309 e. The van der Waals surface area contributed by atoms with E-state index in [-0.39, 0.29) is 0 Å². The normalized spacial score (nSPS) is 11.8. The van der Waals surface area contributed by atoms with Gasteiger partial charge >= 0.3 is 0 Å². The summed E-state index contributed by atoms with van der Waals surface area (Å²) in [5.74, 6) is 0.404. The summed E-state index contributed by atoms with van der Waals surface area (Å²) in [5.41, 5.74) is 12.1. The van der Waals surface area contributed by atoms with Crippen LogP contribution in [-0.4, -0.2) is 0 Å². The van der Waals surface area contributed by atoms with E-state index in [1.165, 1.54) is 108 Å². The maximum absolute atomic E-state index is 2.46. The highest BCUT2D eigenvalue weighted by Crippen LogP contribution is 2.49. The van der Waals surface area contributed by atoms with Crippen molar-refractivity contribution < 1.29 is 0 Å². The maximum atomic E-state index is 2.46. The van der Waals surface area contributed by atoms with Crippen molar-refractivity contribution in [2.45, 2.75) is 19.8 Å². The Kier molecular flexibility index (Phi) is 8.95. The molecule has 0 spiro atoms. The second-order valence-corrected chi connectivity index (χ2v) is 18.2. The van der Waals surface area contributed by atoms with Crippen LogP contribution in [-0.2, 0) is 0 Å². The van der Waals surface area contributed by atoms with Gasteiger partial charge in [0.25, 0.3) is 0 Å². The zero-order chi connectivity index (χ0) is 42.0. The van der Waals surface area contributed by atoms with Crippen molar-refractivity contribution in [2.24, 2.45) is 0 Å². The van der Waals surface area contributed by atoms with Crippen LogP contribution in [0.5, 0.6) is 0 Å². The zero-order valence-corrected chi connectivity index (χ0v) is 36.0. The van der Waals surface area contributed by atoms with E-state index in [0.29, 0.717) is 5.92 Å². The van der Waals surface area contributed by atoms with E-state index in [4.69, 9.17) is 0 Å². The van der Waals surface area contributed by atoms with Crippen molar-refractivity contribution in [2.75, 3.05) is 4.90 Å². The fourth-order valence-corrected chi connectivity index (χ4v) is 11.1.